The number of aliphatic carboxylic acids is 1. The van der Waals surface area contributed by atoms with Gasteiger partial charge in [-0.1, -0.05) is 18.2 Å². The molecule has 4 rings (SSSR count). The van der Waals surface area contributed by atoms with Crippen molar-refractivity contribution >= 4 is 50.4 Å². The molecular weight excluding hydrogens is 406 g/mol. The molecule has 3 N–H and O–H groups in total. The first-order chi connectivity index (χ1) is 14.3. The van der Waals surface area contributed by atoms with Crippen LogP contribution in [-0.4, -0.2) is 67.6 Å². The number of hydrogen-bond donors (Lipinski definition) is 3. The van der Waals surface area contributed by atoms with Crippen molar-refractivity contribution in [3.8, 4) is 0 Å². The van der Waals surface area contributed by atoms with Crippen molar-refractivity contribution in [1.82, 2.24) is 15.2 Å². The van der Waals surface area contributed by atoms with Crippen LogP contribution in [0.3, 0.4) is 0 Å². The number of amides is 2. The summed E-state index contributed by atoms with van der Waals surface area (Å²) in [5.41, 5.74) is 2.28. The molecule has 30 heavy (non-hydrogen) atoms. The highest BCUT2D eigenvalue weighted by Gasteiger charge is 2.41. The Balaban J connectivity index is 1.47. The number of benzene rings is 2. The number of aromatic nitrogens is 1. The van der Waals surface area contributed by atoms with E-state index in [1.807, 2.05) is 30.3 Å². The standard InChI is InChI=1S/C21H21N3O5S/c1-30(29)13-9-18(21(27)28)24(11-13)19(25)10-22-20(26)12-6-7-17-15(8-12)14-4-2-3-5-16(14)23-17/h2-8,13,18,23H,9-11H2,1H3,(H,22,26)(H,27,28)/t13-,18+,30?/m1/s1. The Kier molecular flexibility index (Phi) is 5.29. The molecule has 1 saturated heterocycles. The average Bonchev–Trinajstić information content (AvgIpc) is 3.33. The lowest BCUT2D eigenvalue weighted by Crippen LogP contribution is -2.45. The zero-order chi connectivity index (χ0) is 21.4. The summed E-state index contributed by atoms with van der Waals surface area (Å²) < 4.78 is 11.7. The number of nitrogens with one attached hydrogen (secondary N) is 2. The maximum absolute atomic E-state index is 12.6. The first-order valence-corrected chi connectivity index (χ1v) is 11.1. The number of hydrogen-bond acceptors (Lipinski definition) is 4. The van der Waals surface area contributed by atoms with Gasteiger partial charge in [-0.2, -0.15) is 0 Å². The van der Waals surface area contributed by atoms with E-state index in [0.29, 0.717) is 5.56 Å². The smallest absolute Gasteiger partial charge is 0.326 e. The van der Waals surface area contributed by atoms with Crippen LogP contribution in [0.5, 0.6) is 0 Å². The molecule has 8 nitrogen and oxygen atoms in total. The number of carbonyl (C=O) groups excluding carboxylic acids is 2. The van der Waals surface area contributed by atoms with Gasteiger partial charge in [0.15, 0.2) is 0 Å². The Labute approximate surface area is 174 Å². The quantitative estimate of drug-likeness (QED) is 0.570. The molecule has 0 aliphatic carbocycles. The second kappa shape index (κ2) is 7.91. The van der Waals surface area contributed by atoms with E-state index in [-0.39, 0.29) is 24.8 Å². The molecule has 0 saturated carbocycles. The molecule has 156 valence electrons. The molecule has 0 spiro atoms. The molecule has 3 atom stereocenters. The van der Waals surface area contributed by atoms with Gasteiger partial charge in [0.05, 0.1) is 11.8 Å². The Morgan fingerprint density at radius 1 is 1.17 bits per heavy atom. The number of para-hydroxylation sites is 1. The van der Waals surface area contributed by atoms with Crippen LogP contribution in [0.25, 0.3) is 21.8 Å². The largest absolute Gasteiger partial charge is 0.480 e. The van der Waals surface area contributed by atoms with Crippen LogP contribution >= 0.6 is 0 Å². The van der Waals surface area contributed by atoms with Crippen molar-refractivity contribution in [2.75, 3.05) is 19.3 Å². The lowest BCUT2D eigenvalue weighted by molar-refractivity contribution is -0.147. The summed E-state index contributed by atoms with van der Waals surface area (Å²) in [6.45, 7) is -0.215. The molecule has 1 aromatic heterocycles. The minimum atomic E-state index is -1.23. The van der Waals surface area contributed by atoms with E-state index in [9.17, 15) is 23.7 Å². The number of carbonyl (C=O) groups is 3. The number of aromatic amines is 1. The van der Waals surface area contributed by atoms with E-state index in [4.69, 9.17) is 0 Å². The fraction of sp³-hybridized carbons (Fsp3) is 0.286. The third-order valence-corrected chi connectivity index (χ3v) is 6.79. The highest BCUT2D eigenvalue weighted by atomic mass is 32.2. The van der Waals surface area contributed by atoms with Crippen molar-refractivity contribution in [1.29, 1.82) is 0 Å². The molecule has 0 radical (unpaired) electrons. The molecule has 9 heteroatoms. The average molecular weight is 427 g/mol. The Morgan fingerprint density at radius 2 is 1.90 bits per heavy atom. The van der Waals surface area contributed by atoms with Crippen LogP contribution in [0.15, 0.2) is 42.5 Å². The number of rotatable bonds is 5. The fourth-order valence-corrected chi connectivity index (χ4v) is 4.72. The van der Waals surface area contributed by atoms with E-state index in [1.54, 1.807) is 12.1 Å². The van der Waals surface area contributed by atoms with Gasteiger partial charge in [0.25, 0.3) is 5.91 Å². The van der Waals surface area contributed by atoms with Crippen LogP contribution < -0.4 is 5.32 Å². The third-order valence-electron chi connectivity index (χ3n) is 5.51. The molecule has 1 aliphatic heterocycles. The third kappa shape index (κ3) is 3.68. The number of likely N-dealkylation sites (tertiary alicyclic amines) is 1. The summed E-state index contributed by atoms with van der Waals surface area (Å²) in [7, 11) is -1.23. The number of carboxylic acid groups (broad SMARTS) is 1. The second-order valence-electron chi connectivity index (χ2n) is 7.37. The predicted octanol–water partition coefficient (Wildman–Crippen LogP) is 1.48. The number of nitrogens with zero attached hydrogens (tertiary/aromatic N) is 1. The number of carboxylic acids is 1. The minimum Gasteiger partial charge on any atom is -0.480 e. The molecule has 2 amide bonds. The topological polar surface area (TPSA) is 120 Å². The normalized spacial score (nSPS) is 19.8. The molecular formula is C21H21N3O5S. The second-order valence-corrected chi connectivity index (χ2v) is 9.03. The van der Waals surface area contributed by atoms with Gasteiger partial charge < -0.3 is 20.3 Å². The van der Waals surface area contributed by atoms with E-state index < -0.39 is 34.6 Å². The summed E-state index contributed by atoms with van der Waals surface area (Å²) in [6.07, 6.45) is 1.65. The van der Waals surface area contributed by atoms with E-state index in [0.717, 1.165) is 21.8 Å². The minimum absolute atomic E-state index is 0.107. The van der Waals surface area contributed by atoms with Crippen LogP contribution in [-0.2, 0) is 20.4 Å². The highest BCUT2D eigenvalue weighted by Crippen LogP contribution is 2.26. The van der Waals surface area contributed by atoms with Gasteiger partial charge in [-0.3, -0.25) is 13.8 Å². The Bertz CT molecular complexity index is 1190. The monoisotopic (exact) mass is 427 g/mol. The first-order valence-electron chi connectivity index (χ1n) is 9.48. The van der Waals surface area contributed by atoms with E-state index in [2.05, 4.69) is 10.3 Å². The number of fused-ring (bicyclic) bond motifs is 3. The molecule has 0 bridgehead atoms. The summed E-state index contributed by atoms with van der Waals surface area (Å²) in [5.74, 6) is -2.05. The van der Waals surface area contributed by atoms with Gasteiger partial charge in [0.2, 0.25) is 5.91 Å². The first kappa shape index (κ1) is 20.1. The maximum atomic E-state index is 12.6. The zero-order valence-electron chi connectivity index (χ0n) is 16.3. The van der Waals surface area contributed by atoms with Gasteiger partial charge in [-0.15, -0.1) is 0 Å². The van der Waals surface area contributed by atoms with E-state index in [1.165, 1.54) is 11.2 Å². The lowest BCUT2D eigenvalue weighted by Gasteiger charge is -2.21. The Hall–Kier alpha value is -3.20. The summed E-state index contributed by atoms with van der Waals surface area (Å²) >= 11 is 0. The molecule has 1 aliphatic rings. The fourth-order valence-electron chi connectivity index (χ4n) is 3.90. The van der Waals surface area contributed by atoms with Crippen molar-refractivity contribution < 1.29 is 23.7 Å². The van der Waals surface area contributed by atoms with Gasteiger partial charge in [0.1, 0.15) is 6.04 Å². The molecule has 1 fully saturated rings. The van der Waals surface area contributed by atoms with Crippen molar-refractivity contribution in [2.24, 2.45) is 0 Å². The van der Waals surface area contributed by atoms with Crippen molar-refractivity contribution in [3.63, 3.8) is 0 Å². The van der Waals surface area contributed by atoms with E-state index >= 15 is 0 Å². The highest BCUT2D eigenvalue weighted by molar-refractivity contribution is 7.84. The summed E-state index contributed by atoms with van der Waals surface area (Å²) in [5, 5.41) is 13.5. The molecule has 2 aromatic carbocycles. The van der Waals surface area contributed by atoms with Crippen LogP contribution in [0.4, 0.5) is 0 Å². The van der Waals surface area contributed by atoms with Gasteiger partial charge in [0, 0.05) is 51.0 Å². The van der Waals surface area contributed by atoms with Crippen molar-refractivity contribution in [3.05, 3.63) is 48.0 Å². The van der Waals surface area contributed by atoms with Gasteiger partial charge in [-0.25, -0.2) is 4.79 Å². The van der Waals surface area contributed by atoms with Crippen LogP contribution in [0, 0.1) is 0 Å². The number of H-pyrrole nitrogens is 1. The lowest BCUT2D eigenvalue weighted by atomic mass is 10.1. The summed E-state index contributed by atoms with van der Waals surface area (Å²) in [4.78, 5) is 41.1. The van der Waals surface area contributed by atoms with Gasteiger partial charge in [-0.05, 0) is 30.7 Å². The van der Waals surface area contributed by atoms with Crippen LogP contribution in [0.2, 0.25) is 0 Å². The molecule has 2 heterocycles. The predicted molar refractivity (Wildman–Crippen MR) is 114 cm³/mol. The molecule has 1 unspecified atom stereocenters. The van der Waals surface area contributed by atoms with Gasteiger partial charge >= 0.3 is 5.97 Å². The Morgan fingerprint density at radius 3 is 2.63 bits per heavy atom. The maximum Gasteiger partial charge on any atom is 0.326 e. The summed E-state index contributed by atoms with van der Waals surface area (Å²) in [6, 6.07) is 12.0. The van der Waals surface area contributed by atoms with Crippen LogP contribution in [0.1, 0.15) is 16.8 Å². The zero-order valence-corrected chi connectivity index (χ0v) is 17.1. The SMILES string of the molecule is CS(=O)[C@@H]1C[C@@H](C(=O)O)N(C(=O)CNC(=O)c2ccc3[nH]c4ccccc4c3c2)C1. The van der Waals surface area contributed by atoms with Crippen molar-refractivity contribution in [2.45, 2.75) is 17.7 Å². The molecule has 3 aromatic rings.